The minimum absolute atomic E-state index is 0.205. The quantitative estimate of drug-likeness (QED) is 0.742. The smallest absolute Gasteiger partial charge is 0.240 e. The average Bonchev–Trinajstić information content (AvgIpc) is 2.83. The van der Waals surface area contributed by atoms with Gasteiger partial charge in [-0.2, -0.15) is 9.67 Å². The molecule has 17 heavy (non-hydrogen) atoms. The van der Waals surface area contributed by atoms with Gasteiger partial charge in [-0.1, -0.05) is 0 Å². The van der Waals surface area contributed by atoms with Crippen molar-refractivity contribution in [2.24, 2.45) is 0 Å². The first-order valence-corrected chi connectivity index (χ1v) is 6.41. The minimum atomic E-state index is 0.205. The number of rotatable bonds is 1. The Labute approximate surface area is 109 Å². The van der Waals surface area contributed by atoms with E-state index >= 15 is 0 Å². The topological polar surface area (TPSA) is 82.5 Å². The lowest BCUT2D eigenvalue weighted by molar-refractivity contribution is 0.833. The number of aryl methyl sites for hydroxylation is 1. The van der Waals surface area contributed by atoms with Gasteiger partial charge in [0.2, 0.25) is 10.7 Å². The van der Waals surface area contributed by atoms with Crippen molar-refractivity contribution in [1.29, 1.82) is 0 Å². The molecule has 0 saturated carbocycles. The molecule has 6 nitrogen and oxygen atoms in total. The van der Waals surface area contributed by atoms with Crippen molar-refractivity contribution in [1.82, 2.24) is 24.7 Å². The van der Waals surface area contributed by atoms with Gasteiger partial charge in [0.25, 0.3) is 0 Å². The summed E-state index contributed by atoms with van der Waals surface area (Å²) in [6, 6.07) is 0. The second-order valence-corrected chi connectivity index (χ2v) is 5.03. The lowest BCUT2D eigenvalue weighted by Crippen LogP contribution is -2.01. The summed E-state index contributed by atoms with van der Waals surface area (Å²) in [4.78, 5) is 12.5. The zero-order valence-electron chi connectivity index (χ0n) is 8.75. The van der Waals surface area contributed by atoms with E-state index in [4.69, 9.17) is 5.73 Å². The van der Waals surface area contributed by atoms with E-state index < -0.39 is 0 Å². The molecule has 0 aliphatic carbocycles. The molecule has 8 heteroatoms. The van der Waals surface area contributed by atoms with Gasteiger partial charge >= 0.3 is 0 Å². The van der Waals surface area contributed by atoms with Gasteiger partial charge in [-0.05, 0) is 33.8 Å². The summed E-state index contributed by atoms with van der Waals surface area (Å²) in [6.07, 6.45) is 1.52. The Kier molecular flexibility index (Phi) is 2.33. The van der Waals surface area contributed by atoms with Crippen LogP contribution in [-0.2, 0) is 0 Å². The minimum Gasteiger partial charge on any atom is -0.366 e. The Hall–Kier alpha value is -1.54. The lowest BCUT2D eigenvalue weighted by atomic mass is 10.3. The molecule has 3 aromatic rings. The maximum atomic E-state index is 5.55. The lowest BCUT2D eigenvalue weighted by Gasteiger charge is -2.01. The van der Waals surface area contributed by atoms with Gasteiger partial charge in [0.15, 0.2) is 5.82 Å². The number of thiophene rings is 1. The van der Waals surface area contributed by atoms with Crippen LogP contribution in [0.5, 0.6) is 0 Å². The standard InChI is InChI=1S/C9H7BrN6S/c1-4-2-17-6-5(4)12-3-13-7(6)16-8(10)14-9(11)15-16/h2-3H,1H3,(H2,11,15). The van der Waals surface area contributed by atoms with Crippen molar-refractivity contribution in [3.63, 3.8) is 0 Å². The van der Waals surface area contributed by atoms with Crippen LogP contribution in [0.15, 0.2) is 16.4 Å². The summed E-state index contributed by atoms with van der Waals surface area (Å²) in [6.45, 7) is 2.01. The summed E-state index contributed by atoms with van der Waals surface area (Å²) in [5.74, 6) is 0.890. The highest BCUT2D eigenvalue weighted by molar-refractivity contribution is 9.10. The summed E-state index contributed by atoms with van der Waals surface area (Å²) in [5.41, 5.74) is 7.61. The van der Waals surface area contributed by atoms with Crippen molar-refractivity contribution in [2.45, 2.75) is 6.92 Å². The number of hydrogen-bond acceptors (Lipinski definition) is 6. The maximum Gasteiger partial charge on any atom is 0.240 e. The van der Waals surface area contributed by atoms with Crippen LogP contribution in [0.3, 0.4) is 0 Å². The zero-order chi connectivity index (χ0) is 12.0. The van der Waals surface area contributed by atoms with Gasteiger partial charge in [-0.25, -0.2) is 9.97 Å². The molecule has 0 fully saturated rings. The fourth-order valence-corrected chi connectivity index (χ4v) is 2.96. The first-order valence-electron chi connectivity index (χ1n) is 4.74. The normalized spacial score (nSPS) is 11.2. The molecule has 0 bridgehead atoms. The van der Waals surface area contributed by atoms with Crippen LogP contribution >= 0.6 is 27.3 Å². The molecular weight excluding hydrogens is 304 g/mol. The van der Waals surface area contributed by atoms with E-state index in [0.717, 1.165) is 15.8 Å². The zero-order valence-corrected chi connectivity index (χ0v) is 11.2. The Morgan fingerprint density at radius 1 is 1.41 bits per heavy atom. The molecule has 0 atom stereocenters. The van der Waals surface area contributed by atoms with E-state index in [9.17, 15) is 0 Å². The second kappa shape index (κ2) is 3.74. The number of nitrogen functional groups attached to an aromatic ring is 1. The van der Waals surface area contributed by atoms with E-state index in [2.05, 4.69) is 36.0 Å². The highest BCUT2D eigenvalue weighted by Gasteiger charge is 2.14. The van der Waals surface area contributed by atoms with Crippen LogP contribution in [-0.4, -0.2) is 24.7 Å². The average molecular weight is 311 g/mol. The van der Waals surface area contributed by atoms with E-state index in [-0.39, 0.29) is 5.95 Å². The van der Waals surface area contributed by atoms with Gasteiger partial charge in [-0.15, -0.1) is 16.4 Å². The van der Waals surface area contributed by atoms with Gasteiger partial charge in [-0.3, -0.25) is 0 Å². The first kappa shape index (κ1) is 10.6. The van der Waals surface area contributed by atoms with Crippen molar-refractivity contribution < 1.29 is 0 Å². The third-order valence-corrected chi connectivity index (χ3v) is 3.89. The van der Waals surface area contributed by atoms with Crippen molar-refractivity contribution in [2.75, 3.05) is 5.73 Å². The molecular formula is C9H7BrN6S. The molecule has 0 radical (unpaired) electrons. The first-order chi connectivity index (χ1) is 8.16. The summed E-state index contributed by atoms with van der Waals surface area (Å²) in [5, 5.41) is 6.13. The summed E-state index contributed by atoms with van der Waals surface area (Å²) in [7, 11) is 0. The number of aromatic nitrogens is 5. The molecule has 0 spiro atoms. The molecule has 0 saturated heterocycles. The molecule has 86 valence electrons. The predicted molar refractivity (Wildman–Crippen MR) is 69.2 cm³/mol. The van der Waals surface area contributed by atoms with Gasteiger partial charge in [0.1, 0.15) is 6.33 Å². The highest BCUT2D eigenvalue weighted by Crippen LogP contribution is 2.28. The van der Waals surface area contributed by atoms with Gasteiger partial charge in [0, 0.05) is 0 Å². The molecule has 0 amide bonds. The third kappa shape index (κ3) is 1.60. The SMILES string of the molecule is Cc1csc2c(-n3nc(N)nc3Br)ncnc12. The van der Waals surface area contributed by atoms with Crippen LogP contribution in [0.4, 0.5) is 5.95 Å². The number of nitrogens with zero attached hydrogens (tertiary/aromatic N) is 5. The molecule has 3 rings (SSSR count). The Morgan fingerprint density at radius 2 is 2.24 bits per heavy atom. The van der Waals surface area contributed by atoms with Crippen LogP contribution in [0.2, 0.25) is 0 Å². The number of nitrogens with two attached hydrogens (primary N) is 1. The fraction of sp³-hybridized carbons (Fsp3) is 0.111. The van der Waals surface area contributed by atoms with E-state index in [0.29, 0.717) is 10.6 Å². The Morgan fingerprint density at radius 3 is 2.94 bits per heavy atom. The van der Waals surface area contributed by atoms with E-state index in [1.54, 1.807) is 16.0 Å². The van der Waals surface area contributed by atoms with Crippen molar-refractivity contribution >= 4 is 43.4 Å². The molecule has 3 aromatic heterocycles. The summed E-state index contributed by atoms with van der Waals surface area (Å²) < 4.78 is 3.06. The Bertz CT molecular complexity index is 703. The van der Waals surface area contributed by atoms with E-state index in [1.165, 1.54) is 6.33 Å². The van der Waals surface area contributed by atoms with Gasteiger partial charge in [0.05, 0.1) is 10.2 Å². The van der Waals surface area contributed by atoms with Gasteiger partial charge < -0.3 is 5.73 Å². The largest absolute Gasteiger partial charge is 0.366 e. The molecule has 3 heterocycles. The van der Waals surface area contributed by atoms with Crippen LogP contribution in [0, 0.1) is 6.92 Å². The predicted octanol–water partition coefficient (Wildman–Crippen LogP) is 1.93. The van der Waals surface area contributed by atoms with Crippen molar-refractivity contribution in [3.05, 3.63) is 22.0 Å². The second-order valence-electron chi connectivity index (χ2n) is 3.44. The Balaban J connectivity index is 2.34. The molecule has 0 aromatic carbocycles. The van der Waals surface area contributed by atoms with Crippen LogP contribution < -0.4 is 5.73 Å². The maximum absolute atomic E-state index is 5.55. The number of hydrogen-bond donors (Lipinski definition) is 1. The number of halogens is 1. The molecule has 0 aliphatic heterocycles. The molecule has 0 aliphatic rings. The number of fused-ring (bicyclic) bond motifs is 1. The van der Waals surface area contributed by atoms with Crippen LogP contribution in [0.1, 0.15) is 5.56 Å². The third-order valence-electron chi connectivity index (χ3n) is 2.30. The molecule has 2 N–H and O–H groups in total. The fourth-order valence-electron chi connectivity index (χ4n) is 1.55. The van der Waals surface area contributed by atoms with Crippen molar-refractivity contribution in [3.8, 4) is 5.82 Å². The molecule has 0 unspecified atom stereocenters. The number of anilines is 1. The van der Waals surface area contributed by atoms with Crippen LogP contribution in [0.25, 0.3) is 16.0 Å². The monoisotopic (exact) mass is 310 g/mol. The summed E-state index contributed by atoms with van der Waals surface area (Å²) >= 11 is 4.88. The van der Waals surface area contributed by atoms with E-state index in [1.807, 2.05) is 12.3 Å². The highest BCUT2D eigenvalue weighted by atomic mass is 79.9.